The molecule has 3 rings (SSSR count). The van der Waals surface area contributed by atoms with Crippen molar-refractivity contribution >= 4 is 22.4 Å². The predicted molar refractivity (Wildman–Crippen MR) is 56.3 cm³/mol. The Morgan fingerprint density at radius 3 is 2.36 bits per heavy atom. The van der Waals surface area contributed by atoms with Crippen LogP contribution in [0.2, 0.25) is 0 Å². The molecular formula is C11H7ClN2. The standard InChI is InChI=1S/C11H7ClN2/c12-11(13-14-11)10-6-5-8-3-1-2-4-9(8)7-10/h1-7H. The fraction of sp³-hybridized carbons (Fsp3) is 0.0909. The summed E-state index contributed by atoms with van der Waals surface area (Å²) in [4.78, 5) is 0. The van der Waals surface area contributed by atoms with Crippen LogP contribution in [0.4, 0.5) is 0 Å². The Bertz CT molecular complexity index is 528. The second-order valence-corrected chi connectivity index (χ2v) is 3.88. The van der Waals surface area contributed by atoms with Gasteiger partial charge in [0.15, 0.2) is 0 Å². The van der Waals surface area contributed by atoms with E-state index in [2.05, 4.69) is 22.4 Å². The molecule has 0 fully saturated rings. The molecule has 0 spiro atoms. The first-order valence-electron chi connectivity index (χ1n) is 4.40. The molecule has 0 N–H and O–H groups in total. The Labute approximate surface area is 86.2 Å². The number of fused-ring (bicyclic) bond motifs is 1. The van der Waals surface area contributed by atoms with Crippen LogP contribution in [-0.4, -0.2) is 0 Å². The second kappa shape index (κ2) is 2.55. The Balaban J connectivity index is 2.21. The largest absolute Gasteiger partial charge is 0.289 e. The molecule has 0 bridgehead atoms. The van der Waals surface area contributed by atoms with E-state index in [1.807, 2.05) is 30.3 Å². The number of halogens is 1. The Morgan fingerprint density at radius 2 is 1.64 bits per heavy atom. The van der Waals surface area contributed by atoms with E-state index in [0.29, 0.717) is 0 Å². The number of nitrogens with zero attached hydrogens (tertiary/aromatic N) is 2. The van der Waals surface area contributed by atoms with E-state index in [4.69, 9.17) is 11.6 Å². The molecule has 0 unspecified atom stereocenters. The highest BCUT2D eigenvalue weighted by Gasteiger charge is 2.39. The molecule has 1 aliphatic heterocycles. The molecule has 0 aromatic heterocycles. The van der Waals surface area contributed by atoms with E-state index >= 15 is 0 Å². The van der Waals surface area contributed by atoms with E-state index in [0.717, 1.165) is 5.56 Å². The van der Waals surface area contributed by atoms with Crippen molar-refractivity contribution in [2.24, 2.45) is 10.2 Å². The molecule has 1 heterocycles. The van der Waals surface area contributed by atoms with Crippen LogP contribution in [0.1, 0.15) is 5.56 Å². The number of alkyl halides is 1. The zero-order valence-corrected chi connectivity index (χ0v) is 8.07. The van der Waals surface area contributed by atoms with Crippen molar-refractivity contribution in [2.45, 2.75) is 5.12 Å². The van der Waals surface area contributed by atoms with Crippen molar-refractivity contribution in [1.82, 2.24) is 0 Å². The van der Waals surface area contributed by atoms with E-state index in [1.165, 1.54) is 10.8 Å². The fourth-order valence-electron chi connectivity index (χ4n) is 1.55. The molecule has 1 aliphatic rings. The van der Waals surface area contributed by atoms with Crippen molar-refractivity contribution in [2.75, 3.05) is 0 Å². The van der Waals surface area contributed by atoms with Crippen LogP contribution in [0.5, 0.6) is 0 Å². The molecule has 0 amide bonds. The summed E-state index contributed by atoms with van der Waals surface area (Å²) in [5, 5.41) is 9.19. The molecule has 0 radical (unpaired) electrons. The smallest absolute Gasteiger partial charge is 0.135 e. The summed E-state index contributed by atoms with van der Waals surface area (Å²) in [5.41, 5.74) is 0.942. The van der Waals surface area contributed by atoms with Crippen LogP contribution in [0.3, 0.4) is 0 Å². The lowest BCUT2D eigenvalue weighted by Gasteiger charge is -2.03. The molecule has 3 heteroatoms. The number of rotatable bonds is 1. The molecule has 0 aliphatic carbocycles. The maximum Gasteiger partial charge on any atom is 0.289 e. The molecule has 68 valence electrons. The van der Waals surface area contributed by atoms with Crippen LogP contribution in [0.25, 0.3) is 10.8 Å². The Morgan fingerprint density at radius 1 is 0.929 bits per heavy atom. The third-order valence-corrected chi connectivity index (χ3v) is 2.76. The average molecular weight is 203 g/mol. The highest BCUT2D eigenvalue weighted by atomic mass is 35.5. The molecule has 2 aromatic carbocycles. The van der Waals surface area contributed by atoms with Crippen LogP contribution in [-0.2, 0) is 5.12 Å². The van der Waals surface area contributed by atoms with Gasteiger partial charge in [-0.15, -0.1) is 10.2 Å². The van der Waals surface area contributed by atoms with Gasteiger partial charge < -0.3 is 0 Å². The summed E-state index contributed by atoms with van der Waals surface area (Å²) in [5.74, 6) is 0. The van der Waals surface area contributed by atoms with Gasteiger partial charge in [0.05, 0.1) is 0 Å². The first-order chi connectivity index (χ1) is 6.78. The summed E-state index contributed by atoms with van der Waals surface area (Å²) >= 11 is 6.04. The van der Waals surface area contributed by atoms with Crippen molar-refractivity contribution in [3.05, 3.63) is 48.0 Å². The van der Waals surface area contributed by atoms with E-state index in [9.17, 15) is 0 Å². The van der Waals surface area contributed by atoms with Gasteiger partial charge in [-0.2, -0.15) is 0 Å². The van der Waals surface area contributed by atoms with Crippen molar-refractivity contribution in [3.8, 4) is 0 Å². The van der Waals surface area contributed by atoms with E-state index in [1.54, 1.807) is 0 Å². The number of hydrogen-bond donors (Lipinski definition) is 0. The third-order valence-electron chi connectivity index (χ3n) is 2.39. The molecule has 0 saturated carbocycles. The van der Waals surface area contributed by atoms with Crippen LogP contribution in [0, 0.1) is 0 Å². The van der Waals surface area contributed by atoms with Crippen LogP contribution >= 0.6 is 11.6 Å². The Hall–Kier alpha value is -1.41. The van der Waals surface area contributed by atoms with Gasteiger partial charge in [0.1, 0.15) is 0 Å². The minimum absolute atomic E-state index is 0.788. The lowest BCUT2D eigenvalue weighted by atomic mass is 10.1. The number of hydrogen-bond acceptors (Lipinski definition) is 2. The number of benzene rings is 2. The normalized spacial score (nSPS) is 17.2. The summed E-state index contributed by atoms with van der Waals surface area (Å²) < 4.78 is 0. The van der Waals surface area contributed by atoms with Crippen molar-refractivity contribution in [3.63, 3.8) is 0 Å². The molecule has 2 aromatic rings. The van der Waals surface area contributed by atoms with Crippen LogP contribution < -0.4 is 0 Å². The van der Waals surface area contributed by atoms with Gasteiger partial charge in [0.2, 0.25) is 0 Å². The molecule has 14 heavy (non-hydrogen) atoms. The Kier molecular flexibility index (Phi) is 1.45. The summed E-state index contributed by atoms with van der Waals surface area (Å²) in [7, 11) is 0. The van der Waals surface area contributed by atoms with Gasteiger partial charge in [0.25, 0.3) is 5.12 Å². The van der Waals surface area contributed by atoms with Gasteiger partial charge in [-0.05, 0) is 16.8 Å². The minimum Gasteiger partial charge on any atom is -0.135 e. The van der Waals surface area contributed by atoms with Crippen LogP contribution in [0.15, 0.2) is 52.7 Å². The average Bonchev–Trinajstić information content (AvgIpc) is 2.97. The van der Waals surface area contributed by atoms with Gasteiger partial charge in [-0.3, -0.25) is 0 Å². The third kappa shape index (κ3) is 1.11. The van der Waals surface area contributed by atoms with Gasteiger partial charge in [-0.1, -0.05) is 48.0 Å². The van der Waals surface area contributed by atoms with Crippen molar-refractivity contribution < 1.29 is 0 Å². The summed E-state index contributed by atoms with van der Waals surface area (Å²) in [6.07, 6.45) is 0. The fourth-order valence-corrected chi connectivity index (χ4v) is 1.70. The molecule has 0 atom stereocenters. The van der Waals surface area contributed by atoms with Gasteiger partial charge >= 0.3 is 0 Å². The maximum atomic E-state index is 6.04. The SMILES string of the molecule is ClC1(c2ccc3ccccc3c2)N=N1. The summed E-state index contributed by atoms with van der Waals surface area (Å²) in [6, 6.07) is 14.2. The predicted octanol–water partition coefficient (Wildman–Crippen LogP) is 3.65. The van der Waals surface area contributed by atoms with Gasteiger partial charge in [-0.25, -0.2) is 0 Å². The molecule has 0 saturated heterocycles. The first kappa shape index (κ1) is 7.94. The monoisotopic (exact) mass is 202 g/mol. The topological polar surface area (TPSA) is 24.7 Å². The molecular weight excluding hydrogens is 196 g/mol. The zero-order valence-electron chi connectivity index (χ0n) is 7.31. The highest BCUT2D eigenvalue weighted by molar-refractivity contribution is 6.24. The van der Waals surface area contributed by atoms with Gasteiger partial charge in [0, 0.05) is 5.56 Å². The van der Waals surface area contributed by atoms with E-state index in [-0.39, 0.29) is 0 Å². The second-order valence-electron chi connectivity index (χ2n) is 3.35. The first-order valence-corrected chi connectivity index (χ1v) is 4.78. The quantitative estimate of drug-likeness (QED) is 0.498. The minimum atomic E-state index is -0.788. The van der Waals surface area contributed by atoms with E-state index < -0.39 is 5.12 Å². The summed E-state index contributed by atoms with van der Waals surface area (Å²) in [6.45, 7) is 0. The maximum absolute atomic E-state index is 6.04. The lowest BCUT2D eigenvalue weighted by Crippen LogP contribution is -1.96. The highest BCUT2D eigenvalue weighted by Crippen LogP contribution is 2.44. The van der Waals surface area contributed by atoms with Crippen molar-refractivity contribution in [1.29, 1.82) is 0 Å². The zero-order chi connectivity index (χ0) is 9.60. The molecule has 2 nitrogen and oxygen atoms in total. The lowest BCUT2D eigenvalue weighted by molar-refractivity contribution is 0.944.